The third kappa shape index (κ3) is 4.65. The summed E-state index contributed by atoms with van der Waals surface area (Å²) in [5, 5.41) is 25.9. The minimum absolute atomic E-state index is 0.0374. The lowest BCUT2D eigenvalue weighted by molar-refractivity contribution is -0.393. The molecule has 1 aliphatic rings. The van der Waals surface area contributed by atoms with Gasteiger partial charge in [-0.15, -0.1) is 0 Å². The molecule has 1 fully saturated rings. The summed E-state index contributed by atoms with van der Waals surface area (Å²) in [6.07, 6.45) is 1.71. The molecule has 29 heavy (non-hydrogen) atoms. The Morgan fingerprint density at radius 2 is 1.72 bits per heavy atom. The lowest BCUT2D eigenvalue weighted by atomic mass is 10.0. The molecule has 0 aliphatic carbocycles. The van der Waals surface area contributed by atoms with Crippen LogP contribution in [0.4, 0.5) is 22.7 Å². The maximum Gasteiger partial charge on any atom is 0.299 e. The second-order valence-corrected chi connectivity index (χ2v) is 6.72. The van der Waals surface area contributed by atoms with Gasteiger partial charge in [-0.3, -0.25) is 20.2 Å². The molecule has 1 atom stereocenters. The summed E-state index contributed by atoms with van der Waals surface area (Å²) >= 11 is 0. The summed E-state index contributed by atoms with van der Waals surface area (Å²) in [6, 6.07) is 9.29. The van der Waals surface area contributed by atoms with Crippen LogP contribution < -0.4 is 19.7 Å². The van der Waals surface area contributed by atoms with Gasteiger partial charge in [0.1, 0.15) is 17.2 Å². The van der Waals surface area contributed by atoms with E-state index in [0.717, 1.165) is 24.6 Å². The number of methoxy groups -OCH3 is 2. The zero-order chi connectivity index (χ0) is 21.0. The second-order valence-electron chi connectivity index (χ2n) is 6.72. The Morgan fingerprint density at radius 1 is 1.03 bits per heavy atom. The zero-order valence-electron chi connectivity index (χ0n) is 16.2. The Bertz CT molecular complexity index is 897. The molecule has 3 rings (SSSR count). The molecule has 0 spiro atoms. The van der Waals surface area contributed by atoms with Gasteiger partial charge >= 0.3 is 0 Å². The third-order valence-corrected chi connectivity index (χ3v) is 4.85. The van der Waals surface area contributed by atoms with Gasteiger partial charge in [-0.25, -0.2) is 0 Å². The molecule has 1 unspecified atom stereocenters. The van der Waals surface area contributed by atoms with E-state index in [4.69, 9.17) is 9.47 Å². The Balaban J connectivity index is 1.81. The minimum atomic E-state index is -0.631. The Kier molecular flexibility index (Phi) is 6.01. The topological polar surface area (TPSA) is 120 Å². The van der Waals surface area contributed by atoms with Crippen LogP contribution >= 0.6 is 0 Å². The number of rotatable bonds is 7. The van der Waals surface area contributed by atoms with Gasteiger partial charge in [0.25, 0.3) is 11.4 Å². The standard InChI is InChI=1S/C19H22N4O6/c1-28-16-8-14(9-17(11-16)29-2)20-13-4-3-7-21(12-13)18-6-5-15(22(24)25)10-19(18)23(26)27/h5-6,8-11,13,20H,3-4,7,12H2,1-2H3. The van der Waals surface area contributed by atoms with Crippen LogP contribution in [0.15, 0.2) is 36.4 Å². The summed E-state index contributed by atoms with van der Waals surface area (Å²) in [4.78, 5) is 23.1. The number of nitrogens with zero attached hydrogens (tertiary/aromatic N) is 3. The molecule has 154 valence electrons. The SMILES string of the molecule is COc1cc(NC2CCCN(c3ccc([N+](=O)[O-])cc3[N+](=O)[O-])C2)cc(OC)c1. The van der Waals surface area contributed by atoms with Crippen molar-refractivity contribution in [3.63, 3.8) is 0 Å². The van der Waals surface area contributed by atoms with E-state index in [0.29, 0.717) is 30.3 Å². The van der Waals surface area contributed by atoms with Crippen LogP contribution in [-0.4, -0.2) is 43.2 Å². The van der Waals surface area contributed by atoms with Crippen LogP contribution in [0, 0.1) is 20.2 Å². The van der Waals surface area contributed by atoms with Gasteiger partial charge in [-0.05, 0) is 18.9 Å². The first-order valence-corrected chi connectivity index (χ1v) is 9.08. The number of benzene rings is 2. The van der Waals surface area contributed by atoms with E-state index in [1.54, 1.807) is 20.3 Å². The smallest absolute Gasteiger partial charge is 0.299 e. The highest BCUT2D eigenvalue weighted by Gasteiger charge is 2.27. The first-order valence-electron chi connectivity index (χ1n) is 9.08. The van der Waals surface area contributed by atoms with Gasteiger partial charge in [-0.1, -0.05) is 0 Å². The van der Waals surface area contributed by atoms with E-state index in [1.807, 2.05) is 17.0 Å². The van der Waals surface area contributed by atoms with Gasteiger partial charge in [0.2, 0.25) is 0 Å². The quantitative estimate of drug-likeness (QED) is 0.551. The molecule has 2 aromatic carbocycles. The Hall–Kier alpha value is -3.56. The molecule has 0 radical (unpaired) electrons. The molecule has 10 nitrogen and oxygen atoms in total. The number of nitro benzene ring substituents is 2. The normalized spacial score (nSPS) is 16.2. The average Bonchev–Trinajstić information content (AvgIpc) is 2.73. The number of hydrogen-bond acceptors (Lipinski definition) is 8. The van der Waals surface area contributed by atoms with E-state index < -0.39 is 9.85 Å². The molecule has 1 saturated heterocycles. The first kappa shape index (κ1) is 20.2. The molecule has 0 saturated carbocycles. The molecule has 2 aromatic rings. The number of nitro groups is 2. The molecule has 0 bridgehead atoms. The van der Waals surface area contributed by atoms with Crippen LogP contribution in [0.2, 0.25) is 0 Å². The molecule has 1 aliphatic heterocycles. The van der Waals surface area contributed by atoms with Crippen LogP contribution in [-0.2, 0) is 0 Å². The molecule has 1 N–H and O–H groups in total. The van der Waals surface area contributed by atoms with Gasteiger partial charge in [0.05, 0.1) is 30.1 Å². The van der Waals surface area contributed by atoms with Gasteiger partial charge in [0, 0.05) is 49.1 Å². The molecular weight excluding hydrogens is 380 g/mol. The predicted molar refractivity (Wildman–Crippen MR) is 108 cm³/mol. The van der Waals surface area contributed by atoms with Crippen molar-refractivity contribution in [3.05, 3.63) is 56.6 Å². The van der Waals surface area contributed by atoms with E-state index in [-0.39, 0.29) is 17.4 Å². The van der Waals surface area contributed by atoms with Crippen molar-refractivity contribution in [3.8, 4) is 11.5 Å². The summed E-state index contributed by atoms with van der Waals surface area (Å²) in [6.45, 7) is 1.16. The highest BCUT2D eigenvalue weighted by molar-refractivity contribution is 5.67. The maximum absolute atomic E-state index is 11.5. The van der Waals surface area contributed by atoms with Crippen molar-refractivity contribution < 1.29 is 19.3 Å². The van der Waals surface area contributed by atoms with Crippen LogP contribution in [0.5, 0.6) is 11.5 Å². The van der Waals surface area contributed by atoms with Crippen LogP contribution in [0.25, 0.3) is 0 Å². The zero-order valence-corrected chi connectivity index (χ0v) is 16.2. The Morgan fingerprint density at radius 3 is 2.31 bits per heavy atom. The maximum atomic E-state index is 11.5. The number of ether oxygens (including phenoxy) is 2. The van der Waals surface area contributed by atoms with Crippen LogP contribution in [0.1, 0.15) is 12.8 Å². The molecule has 1 heterocycles. The van der Waals surface area contributed by atoms with Gasteiger partial charge < -0.3 is 19.7 Å². The lowest BCUT2D eigenvalue weighted by Crippen LogP contribution is -2.42. The van der Waals surface area contributed by atoms with Gasteiger partial charge in [-0.2, -0.15) is 0 Å². The summed E-state index contributed by atoms with van der Waals surface area (Å²) in [7, 11) is 3.16. The fraction of sp³-hybridized carbons (Fsp3) is 0.368. The monoisotopic (exact) mass is 402 g/mol. The largest absolute Gasteiger partial charge is 0.497 e. The first-order chi connectivity index (χ1) is 13.9. The second kappa shape index (κ2) is 8.63. The molecular formula is C19H22N4O6. The Labute approximate surface area is 167 Å². The minimum Gasteiger partial charge on any atom is -0.497 e. The number of non-ortho nitro benzene ring substituents is 1. The fourth-order valence-electron chi connectivity index (χ4n) is 3.48. The van der Waals surface area contributed by atoms with Crippen molar-refractivity contribution in [1.29, 1.82) is 0 Å². The highest BCUT2D eigenvalue weighted by Crippen LogP contribution is 2.34. The van der Waals surface area contributed by atoms with Crippen molar-refractivity contribution in [2.45, 2.75) is 18.9 Å². The lowest BCUT2D eigenvalue weighted by Gasteiger charge is -2.35. The van der Waals surface area contributed by atoms with Gasteiger partial charge in [0.15, 0.2) is 0 Å². The molecule has 0 aromatic heterocycles. The number of nitrogens with one attached hydrogen (secondary N) is 1. The highest BCUT2D eigenvalue weighted by atomic mass is 16.6. The fourth-order valence-corrected chi connectivity index (χ4v) is 3.48. The van der Waals surface area contributed by atoms with Crippen molar-refractivity contribution in [2.24, 2.45) is 0 Å². The molecule has 0 amide bonds. The van der Waals surface area contributed by atoms with E-state index in [9.17, 15) is 20.2 Å². The van der Waals surface area contributed by atoms with Crippen LogP contribution in [0.3, 0.4) is 0 Å². The third-order valence-electron chi connectivity index (χ3n) is 4.85. The summed E-state index contributed by atoms with van der Waals surface area (Å²) in [5.41, 5.74) is 0.653. The summed E-state index contributed by atoms with van der Waals surface area (Å²) < 4.78 is 10.6. The number of anilines is 2. The number of hydrogen-bond donors (Lipinski definition) is 1. The van der Waals surface area contributed by atoms with E-state index in [2.05, 4.69) is 5.32 Å². The summed E-state index contributed by atoms with van der Waals surface area (Å²) in [5.74, 6) is 1.32. The van der Waals surface area contributed by atoms with E-state index in [1.165, 1.54) is 12.1 Å². The van der Waals surface area contributed by atoms with Crippen molar-refractivity contribution in [1.82, 2.24) is 0 Å². The van der Waals surface area contributed by atoms with Crippen molar-refractivity contribution >= 4 is 22.7 Å². The number of piperidine rings is 1. The average molecular weight is 402 g/mol. The van der Waals surface area contributed by atoms with Crippen molar-refractivity contribution in [2.75, 3.05) is 37.5 Å². The molecule has 10 heteroatoms. The predicted octanol–water partition coefficient (Wildman–Crippen LogP) is 3.60. The van der Waals surface area contributed by atoms with E-state index >= 15 is 0 Å².